The molecule has 1 rings (SSSR count). The molecule has 22 heavy (non-hydrogen) atoms. The highest BCUT2D eigenvalue weighted by Gasteiger charge is 2.29. The molecule has 0 bridgehead atoms. The van der Waals surface area contributed by atoms with Gasteiger partial charge in [-0.05, 0) is 20.3 Å². The van der Waals surface area contributed by atoms with E-state index in [0.717, 1.165) is 0 Å². The second-order valence-electron chi connectivity index (χ2n) is 5.24. The number of hydrogen-bond acceptors (Lipinski definition) is 6. The summed E-state index contributed by atoms with van der Waals surface area (Å²) in [6.45, 7) is 5.33. The first kappa shape index (κ1) is 18.9. The summed E-state index contributed by atoms with van der Waals surface area (Å²) in [4.78, 5) is 24.2. The third-order valence-corrected chi connectivity index (χ3v) is 5.67. The average molecular weight is 335 g/mol. The highest BCUT2D eigenvalue weighted by molar-refractivity contribution is 7.89. The van der Waals surface area contributed by atoms with Gasteiger partial charge in [-0.25, -0.2) is 8.42 Å². The van der Waals surface area contributed by atoms with Crippen LogP contribution in [0.15, 0.2) is 0 Å². The molecule has 0 radical (unpaired) electrons. The fraction of sp³-hybridized carbons (Fsp3) is 0.846. The van der Waals surface area contributed by atoms with Crippen molar-refractivity contribution in [2.75, 3.05) is 38.5 Å². The molecular weight excluding hydrogens is 310 g/mol. The van der Waals surface area contributed by atoms with Crippen LogP contribution in [-0.2, 0) is 24.3 Å². The molecule has 0 aromatic carbocycles. The van der Waals surface area contributed by atoms with Gasteiger partial charge in [0, 0.05) is 32.6 Å². The number of nitrogens with two attached hydrogens (primary N) is 1. The maximum Gasteiger partial charge on any atom is 0.305 e. The van der Waals surface area contributed by atoms with Crippen molar-refractivity contribution in [1.82, 2.24) is 9.21 Å². The summed E-state index contributed by atoms with van der Waals surface area (Å²) in [6, 6.07) is -0.395. The molecule has 128 valence electrons. The van der Waals surface area contributed by atoms with Gasteiger partial charge < -0.3 is 10.5 Å². The first-order valence-corrected chi connectivity index (χ1v) is 9.05. The molecular formula is C13H25N3O5S. The van der Waals surface area contributed by atoms with E-state index < -0.39 is 22.0 Å². The van der Waals surface area contributed by atoms with E-state index in [1.807, 2.05) is 4.90 Å². The molecule has 0 aliphatic carbocycles. The Bertz CT molecular complexity index is 486. The minimum absolute atomic E-state index is 0.0722. The van der Waals surface area contributed by atoms with Crippen LogP contribution in [0, 0.1) is 0 Å². The lowest BCUT2D eigenvalue weighted by molar-refractivity contribution is -0.143. The van der Waals surface area contributed by atoms with E-state index in [4.69, 9.17) is 10.5 Å². The number of rotatable bonds is 8. The molecule has 0 aromatic heterocycles. The van der Waals surface area contributed by atoms with Crippen molar-refractivity contribution >= 4 is 21.9 Å². The van der Waals surface area contributed by atoms with Gasteiger partial charge in [-0.15, -0.1) is 0 Å². The number of carbonyl (C=O) groups excluding carboxylic acids is 2. The molecule has 0 spiro atoms. The van der Waals surface area contributed by atoms with Crippen LogP contribution < -0.4 is 5.73 Å². The zero-order valence-electron chi connectivity index (χ0n) is 13.2. The molecule has 1 amide bonds. The van der Waals surface area contributed by atoms with E-state index in [-0.39, 0.29) is 24.6 Å². The van der Waals surface area contributed by atoms with Gasteiger partial charge >= 0.3 is 5.97 Å². The van der Waals surface area contributed by atoms with Crippen molar-refractivity contribution in [1.29, 1.82) is 0 Å². The van der Waals surface area contributed by atoms with Gasteiger partial charge in [-0.1, -0.05) is 0 Å². The van der Waals surface area contributed by atoms with E-state index in [0.29, 0.717) is 32.8 Å². The number of primary amides is 1. The molecule has 1 aliphatic heterocycles. The summed E-state index contributed by atoms with van der Waals surface area (Å²) in [5.41, 5.74) is 5.25. The van der Waals surface area contributed by atoms with E-state index in [1.54, 1.807) is 13.8 Å². The number of sulfonamides is 1. The zero-order chi connectivity index (χ0) is 16.8. The minimum atomic E-state index is -3.38. The quantitative estimate of drug-likeness (QED) is 0.579. The SMILES string of the molecule is CCOC(=O)CCCS(=O)(=O)N1CCN(C(C)C(N)=O)CC1. The Hall–Kier alpha value is -1.19. The summed E-state index contributed by atoms with van der Waals surface area (Å²) < 4.78 is 30.6. The highest BCUT2D eigenvalue weighted by Crippen LogP contribution is 2.12. The number of carbonyl (C=O) groups is 2. The molecule has 8 nitrogen and oxygen atoms in total. The first-order chi connectivity index (χ1) is 10.3. The van der Waals surface area contributed by atoms with Crippen LogP contribution in [0.5, 0.6) is 0 Å². The van der Waals surface area contributed by atoms with Crippen molar-refractivity contribution in [3.05, 3.63) is 0 Å². The Balaban J connectivity index is 2.42. The normalized spacial score (nSPS) is 18.8. The first-order valence-electron chi connectivity index (χ1n) is 7.44. The summed E-state index contributed by atoms with van der Waals surface area (Å²) >= 11 is 0. The number of hydrogen-bond donors (Lipinski definition) is 1. The summed E-state index contributed by atoms with van der Waals surface area (Å²) in [5, 5.41) is 0. The predicted molar refractivity (Wildman–Crippen MR) is 81.5 cm³/mol. The van der Waals surface area contributed by atoms with Crippen LogP contribution in [-0.4, -0.2) is 74.1 Å². The maximum absolute atomic E-state index is 12.2. The third-order valence-electron chi connectivity index (χ3n) is 3.71. The van der Waals surface area contributed by atoms with Crippen LogP contribution in [0.4, 0.5) is 0 Å². The lowest BCUT2D eigenvalue weighted by Crippen LogP contribution is -2.54. The molecule has 1 saturated heterocycles. The van der Waals surface area contributed by atoms with Gasteiger partial charge in [0.25, 0.3) is 0 Å². The van der Waals surface area contributed by atoms with Crippen molar-refractivity contribution < 1.29 is 22.7 Å². The highest BCUT2D eigenvalue weighted by atomic mass is 32.2. The topological polar surface area (TPSA) is 110 Å². The van der Waals surface area contributed by atoms with E-state index in [1.165, 1.54) is 4.31 Å². The third kappa shape index (κ3) is 5.54. The van der Waals surface area contributed by atoms with Crippen LogP contribution in [0.2, 0.25) is 0 Å². The standard InChI is InChI=1S/C13H25N3O5S/c1-3-21-12(17)5-4-10-22(19,20)16-8-6-15(7-9-16)11(2)13(14)18/h11H,3-10H2,1-2H3,(H2,14,18). The molecule has 2 N–H and O–H groups in total. The summed E-state index contributed by atoms with van der Waals surface area (Å²) in [6.07, 6.45) is 0.352. The van der Waals surface area contributed by atoms with Crippen molar-refractivity contribution in [3.8, 4) is 0 Å². The minimum Gasteiger partial charge on any atom is -0.466 e. The van der Waals surface area contributed by atoms with Gasteiger partial charge in [0.05, 0.1) is 18.4 Å². The molecule has 0 saturated carbocycles. The van der Waals surface area contributed by atoms with Crippen molar-refractivity contribution in [3.63, 3.8) is 0 Å². The molecule has 1 atom stereocenters. The van der Waals surface area contributed by atoms with E-state index in [2.05, 4.69) is 0 Å². The van der Waals surface area contributed by atoms with Crippen LogP contribution in [0.25, 0.3) is 0 Å². The molecule has 1 aliphatic rings. The zero-order valence-corrected chi connectivity index (χ0v) is 14.0. The summed E-state index contributed by atoms with van der Waals surface area (Å²) in [7, 11) is -3.38. The average Bonchev–Trinajstić information content (AvgIpc) is 2.46. The Labute approximate surface area is 131 Å². The Morgan fingerprint density at radius 3 is 2.32 bits per heavy atom. The number of ether oxygens (including phenoxy) is 1. The van der Waals surface area contributed by atoms with E-state index in [9.17, 15) is 18.0 Å². The molecule has 1 fully saturated rings. The second kappa shape index (κ2) is 8.44. The molecule has 1 heterocycles. The Morgan fingerprint density at radius 1 is 1.23 bits per heavy atom. The number of amides is 1. The maximum atomic E-state index is 12.2. The van der Waals surface area contributed by atoms with Gasteiger partial charge in [-0.2, -0.15) is 4.31 Å². The number of esters is 1. The predicted octanol–water partition coefficient (Wildman–Crippen LogP) is -0.849. The summed E-state index contributed by atoms with van der Waals surface area (Å²) in [5.74, 6) is -0.861. The molecule has 9 heteroatoms. The van der Waals surface area contributed by atoms with Gasteiger partial charge in [-0.3, -0.25) is 14.5 Å². The van der Waals surface area contributed by atoms with Crippen LogP contribution in [0.3, 0.4) is 0 Å². The lowest BCUT2D eigenvalue weighted by Gasteiger charge is -2.36. The van der Waals surface area contributed by atoms with Gasteiger partial charge in [0.15, 0.2) is 0 Å². The molecule has 0 aromatic rings. The molecule has 1 unspecified atom stereocenters. The Morgan fingerprint density at radius 2 is 1.82 bits per heavy atom. The number of nitrogens with zero attached hydrogens (tertiary/aromatic N) is 2. The monoisotopic (exact) mass is 335 g/mol. The van der Waals surface area contributed by atoms with E-state index >= 15 is 0 Å². The lowest BCUT2D eigenvalue weighted by atomic mass is 10.2. The number of piperazine rings is 1. The smallest absolute Gasteiger partial charge is 0.305 e. The largest absolute Gasteiger partial charge is 0.466 e. The fourth-order valence-corrected chi connectivity index (χ4v) is 3.80. The van der Waals surface area contributed by atoms with Crippen molar-refractivity contribution in [2.24, 2.45) is 5.73 Å². The fourth-order valence-electron chi connectivity index (χ4n) is 2.31. The second-order valence-corrected chi connectivity index (χ2v) is 7.33. The van der Waals surface area contributed by atoms with Crippen LogP contribution >= 0.6 is 0 Å². The van der Waals surface area contributed by atoms with Crippen LogP contribution in [0.1, 0.15) is 26.7 Å². The van der Waals surface area contributed by atoms with Crippen molar-refractivity contribution in [2.45, 2.75) is 32.7 Å². The Kier molecular flexibility index (Phi) is 7.24. The van der Waals surface area contributed by atoms with Gasteiger partial charge in [0.2, 0.25) is 15.9 Å². The van der Waals surface area contributed by atoms with Gasteiger partial charge in [0.1, 0.15) is 0 Å².